The molecule has 2 atom stereocenters. The second kappa shape index (κ2) is 4.04. The lowest BCUT2D eigenvalue weighted by molar-refractivity contribution is 0.0572. The quantitative estimate of drug-likeness (QED) is 0.687. The first-order chi connectivity index (χ1) is 8.58. The number of halogens is 1. The van der Waals surface area contributed by atoms with Gasteiger partial charge in [0.1, 0.15) is 17.3 Å². The molecule has 0 radical (unpaired) electrons. The number of hydrogen-bond acceptors (Lipinski definition) is 6. The van der Waals surface area contributed by atoms with Crippen LogP contribution in [0.3, 0.4) is 0 Å². The molecule has 3 rings (SSSR count). The van der Waals surface area contributed by atoms with E-state index >= 15 is 0 Å². The lowest BCUT2D eigenvalue weighted by Gasteiger charge is -2.20. The van der Waals surface area contributed by atoms with Gasteiger partial charge >= 0.3 is 0 Å². The van der Waals surface area contributed by atoms with E-state index in [0.29, 0.717) is 29.8 Å². The van der Waals surface area contributed by atoms with Crippen molar-refractivity contribution in [3.63, 3.8) is 0 Å². The van der Waals surface area contributed by atoms with Gasteiger partial charge in [-0.1, -0.05) is 11.6 Å². The van der Waals surface area contributed by atoms with Gasteiger partial charge in [0.2, 0.25) is 0 Å². The van der Waals surface area contributed by atoms with E-state index in [4.69, 9.17) is 11.6 Å². The molecule has 7 nitrogen and oxygen atoms in total. The van der Waals surface area contributed by atoms with Crippen LogP contribution in [0.5, 0.6) is 0 Å². The van der Waals surface area contributed by atoms with Crippen LogP contribution < -0.4 is 4.90 Å². The van der Waals surface area contributed by atoms with Crippen LogP contribution in [0, 0.1) is 6.92 Å². The fourth-order valence-electron chi connectivity index (χ4n) is 2.20. The monoisotopic (exact) mass is 269 g/mol. The van der Waals surface area contributed by atoms with Crippen molar-refractivity contribution in [3.05, 3.63) is 17.0 Å². The molecule has 0 bridgehead atoms. The molecule has 0 aromatic carbocycles. The number of rotatable bonds is 1. The van der Waals surface area contributed by atoms with Gasteiger partial charge in [-0.3, -0.25) is 0 Å². The highest BCUT2D eigenvalue weighted by molar-refractivity contribution is 6.30. The second-order valence-corrected chi connectivity index (χ2v) is 4.72. The molecule has 1 aliphatic rings. The van der Waals surface area contributed by atoms with Gasteiger partial charge in [-0.2, -0.15) is 19.6 Å². The summed E-state index contributed by atoms with van der Waals surface area (Å²) >= 11 is 6.06. The van der Waals surface area contributed by atoms with E-state index < -0.39 is 12.2 Å². The average molecular weight is 270 g/mol. The molecular formula is C10H12ClN5O2. The molecule has 1 aliphatic heterocycles. The van der Waals surface area contributed by atoms with Crippen LogP contribution in [0.15, 0.2) is 6.33 Å². The van der Waals surface area contributed by atoms with Crippen LogP contribution >= 0.6 is 11.6 Å². The van der Waals surface area contributed by atoms with E-state index in [2.05, 4.69) is 15.1 Å². The minimum atomic E-state index is -0.769. The van der Waals surface area contributed by atoms with Crippen molar-refractivity contribution >= 4 is 23.2 Å². The highest BCUT2D eigenvalue weighted by Gasteiger charge is 2.32. The topological polar surface area (TPSA) is 86.8 Å². The third-order valence-electron chi connectivity index (χ3n) is 3.13. The molecule has 8 heteroatoms. The highest BCUT2D eigenvalue weighted by atomic mass is 35.5. The lowest BCUT2D eigenvalue weighted by Crippen LogP contribution is -2.25. The molecule has 2 unspecified atom stereocenters. The van der Waals surface area contributed by atoms with Crippen molar-refractivity contribution in [1.29, 1.82) is 0 Å². The smallest absolute Gasteiger partial charge is 0.255 e. The number of aliphatic hydroxyl groups is 2. The highest BCUT2D eigenvalue weighted by Crippen LogP contribution is 2.28. The molecular weight excluding hydrogens is 258 g/mol. The van der Waals surface area contributed by atoms with Crippen molar-refractivity contribution in [3.8, 4) is 0 Å². The van der Waals surface area contributed by atoms with E-state index in [1.807, 2.05) is 11.8 Å². The van der Waals surface area contributed by atoms with Crippen molar-refractivity contribution < 1.29 is 10.2 Å². The maximum absolute atomic E-state index is 9.63. The Labute approximate surface area is 108 Å². The zero-order valence-electron chi connectivity index (χ0n) is 9.65. The summed E-state index contributed by atoms with van der Waals surface area (Å²) in [6.45, 7) is 2.48. The second-order valence-electron chi connectivity index (χ2n) is 4.36. The molecule has 1 saturated heterocycles. The van der Waals surface area contributed by atoms with E-state index in [-0.39, 0.29) is 0 Å². The standard InChI is InChI=1S/C10H12ClN5O2/c1-5-8(11)14-10-12-4-13-16(10)9(5)15-2-6(17)7(18)3-15/h4,6-7,17-18H,2-3H2,1H3. The summed E-state index contributed by atoms with van der Waals surface area (Å²) in [6.07, 6.45) is -0.144. The lowest BCUT2D eigenvalue weighted by atomic mass is 10.3. The van der Waals surface area contributed by atoms with Gasteiger partial charge in [-0.15, -0.1) is 0 Å². The number of β-amino-alcohol motifs (C(OH)–C–C–N with tert-alkyl or cyclic N) is 2. The Kier molecular flexibility index (Phi) is 2.61. The van der Waals surface area contributed by atoms with Gasteiger partial charge in [-0.05, 0) is 6.92 Å². The minimum absolute atomic E-state index is 0.331. The van der Waals surface area contributed by atoms with Gasteiger partial charge in [0.05, 0.1) is 12.2 Å². The van der Waals surface area contributed by atoms with Gasteiger partial charge in [0.25, 0.3) is 5.78 Å². The number of aliphatic hydroxyl groups excluding tert-OH is 2. The van der Waals surface area contributed by atoms with Crippen molar-refractivity contribution in [2.45, 2.75) is 19.1 Å². The molecule has 2 aromatic heterocycles. The molecule has 3 heterocycles. The summed E-state index contributed by atoms with van der Waals surface area (Å²) < 4.78 is 1.56. The number of nitrogens with zero attached hydrogens (tertiary/aromatic N) is 5. The minimum Gasteiger partial charge on any atom is -0.389 e. The number of fused-ring (bicyclic) bond motifs is 1. The summed E-state index contributed by atoms with van der Waals surface area (Å²) in [7, 11) is 0. The van der Waals surface area contributed by atoms with Gasteiger partial charge < -0.3 is 15.1 Å². The molecule has 0 amide bonds. The van der Waals surface area contributed by atoms with Crippen LogP contribution in [-0.2, 0) is 0 Å². The Morgan fingerprint density at radius 2 is 2.00 bits per heavy atom. The summed E-state index contributed by atoms with van der Waals surface area (Å²) in [5.74, 6) is 1.11. The summed E-state index contributed by atoms with van der Waals surface area (Å²) in [5.41, 5.74) is 0.746. The molecule has 2 aromatic rings. The van der Waals surface area contributed by atoms with Crippen molar-refractivity contribution in [1.82, 2.24) is 19.6 Å². The Balaban J connectivity index is 2.16. The van der Waals surface area contributed by atoms with E-state index in [9.17, 15) is 10.2 Å². The summed E-state index contributed by atoms with van der Waals surface area (Å²) in [6, 6.07) is 0. The van der Waals surface area contributed by atoms with Gasteiger partial charge in [-0.25, -0.2) is 0 Å². The first-order valence-corrected chi connectivity index (χ1v) is 5.92. The Bertz CT molecular complexity index is 591. The normalized spacial score (nSPS) is 24.1. The van der Waals surface area contributed by atoms with Crippen LogP contribution in [0.1, 0.15) is 5.56 Å². The van der Waals surface area contributed by atoms with E-state index in [0.717, 1.165) is 5.56 Å². The fourth-order valence-corrected chi connectivity index (χ4v) is 2.36. The van der Waals surface area contributed by atoms with Crippen LogP contribution in [0.2, 0.25) is 5.15 Å². The number of aromatic nitrogens is 4. The largest absolute Gasteiger partial charge is 0.389 e. The predicted molar refractivity (Wildman–Crippen MR) is 64.8 cm³/mol. The Hall–Kier alpha value is -1.44. The van der Waals surface area contributed by atoms with E-state index in [1.165, 1.54) is 6.33 Å². The molecule has 2 N–H and O–H groups in total. The first-order valence-electron chi connectivity index (χ1n) is 5.55. The van der Waals surface area contributed by atoms with Gasteiger partial charge in [0.15, 0.2) is 0 Å². The molecule has 96 valence electrons. The molecule has 0 spiro atoms. The fraction of sp³-hybridized carbons (Fsp3) is 0.500. The van der Waals surface area contributed by atoms with E-state index in [1.54, 1.807) is 4.52 Å². The Morgan fingerprint density at radius 3 is 2.67 bits per heavy atom. The number of anilines is 1. The van der Waals surface area contributed by atoms with Crippen molar-refractivity contribution in [2.75, 3.05) is 18.0 Å². The number of hydrogen-bond donors (Lipinski definition) is 2. The van der Waals surface area contributed by atoms with Gasteiger partial charge in [0, 0.05) is 18.7 Å². The summed E-state index contributed by atoms with van der Waals surface area (Å²) in [5, 5.41) is 23.7. The van der Waals surface area contributed by atoms with Crippen molar-refractivity contribution in [2.24, 2.45) is 0 Å². The third kappa shape index (κ3) is 1.63. The first kappa shape index (κ1) is 11.6. The maximum Gasteiger partial charge on any atom is 0.255 e. The van der Waals surface area contributed by atoms with Crippen LogP contribution in [0.25, 0.3) is 5.78 Å². The molecule has 0 aliphatic carbocycles. The average Bonchev–Trinajstić information content (AvgIpc) is 2.88. The maximum atomic E-state index is 9.63. The SMILES string of the molecule is Cc1c(Cl)nc2ncnn2c1N1CC(O)C(O)C1. The molecule has 18 heavy (non-hydrogen) atoms. The third-order valence-corrected chi connectivity index (χ3v) is 3.50. The van der Waals surface area contributed by atoms with Crippen LogP contribution in [-0.4, -0.2) is 55.1 Å². The zero-order chi connectivity index (χ0) is 12.9. The Morgan fingerprint density at radius 1 is 1.33 bits per heavy atom. The molecule has 1 fully saturated rings. The summed E-state index contributed by atoms with van der Waals surface area (Å²) in [4.78, 5) is 9.94. The molecule has 0 saturated carbocycles. The zero-order valence-corrected chi connectivity index (χ0v) is 10.4. The predicted octanol–water partition coefficient (Wildman–Crippen LogP) is -0.372. The van der Waals surface area contributed by atoms with Crippen LogP contribution in [0.4, 0.5) is 5.82 Å².